The maximum Gasteiger partial charge on any atom is 0.406 e. The Balaban J connectivity index is 2.06. The molecule has 2 rings (SSSR count). The molecule has 24 heavy (non-hydrogen) atoms. The molecule has 1 aromatic heterocycles. The maximum absolute atomic E-state index is 12.9. The molecule has 8 heteroatoms. The van der Waals surface area contributed by atoms with Crippen molar-refractivity contribution >= 4 is 5.91 Å². The van der Waals surface area contributed by atoms with Crippen LogP contribution >= 0.6 is 0 Å². The third-order valence-corrected chi connectivity index (χ3v) is 4.49. The first-order valence-electron chi connectivity index (χ1n) is 8.12. The first-order valence-corrected chi connectivity index (χ1v) is 8.12. The van der Waals surface area contributed by atoms with E-state index in [1.165, 1.54) is 0 Å². The Morgan fingerprint density at radius 1 is 1.42 bits per heavy atom. The zero-order chi connectivity index (χ0) is 17.9. The predicted octanol–water partition coefficient (Wildman–Crippen LogP) is 2.54. The highest BCUT2D eigenvalue weighted by atomic mass is 19.4. The van der Waals surface area contributed by atoms with Crippen LogP contribution in [0.15, 0.2) is 0 Å². The Morgan fingerprint density at radius 2 is 2.12 bits per heavy atom. The fraction of sp³-hybridized carbons (Fsp3) is 0.750. The molecule has 1 aliphatic heterocycles. The highest BCUT2D eigenvalue weighted by Crippen LogP contribution is 2.23. The lowest BCUT2D eigenvalue weighted by Crippen LogP contribution is -2.49. The molecule has 1 atom stereocenters. The largest absolute Gasteiger partial charge is 0.406 e. The molecule has 0 N–H and O–H groups in total. The summed E-state index contributed by atoms with van der Waals surface area (Å²) in [6.07, 6.45) is -2.75. The van der Waals surface area contributed by atoms with Gasteiger partial charge in [0.05, 0.1) is 18.3 Å². The number of nitrogens with zero attached hydrogens (tertiary/aromatic N) is 3. The Morgan fingerprint density at radius 3 is 2.62 bits per heavy atom. The van der Waals surface area contributed by atoms with Crippen LogP contribution in [-0.2, 0) is 23.0 Å². The van der Waals surface area contributed by atoms with E-state index in [9.17, 15) is 18.0 Å². The van der Waals surface area contributed by atoms with Gasteiger partial charge in [-0.2, -0.15) is 18.3 Å². The lowest BCUT2D eigenvalue weighted by Gasteiger charge is -2.34. The second kappa shape index (κ2) is 7.55. The van der Waals surface area contributed by atoms with Crippen molar-refractivity contribution in [2.75, 3.05) is 19.8 Å². The summed E-state index contributed by atoms with van der Waals surface area (Å²) < 4.78 is 45.6. The van der Waals surface area contributed by atoms with Crippen molar-refractivity contribution in [3.63, 3.8) is 0 Å². The fourth-order valence-electron chi connectivity index (χ4n) is 3.14. The van der Waals surface area contributed by atoms with Crippen LogP contribution < -0.4 is 0 Å². The number of carbonyl (C=O) groups excluding carboxylic acids is 1. The van der Waals surface area contributed by atoms with Gasteiger partial charge < -0.3 is 9.64 Å². The van der Waals surface area contributed by atoms with Crippen LogP contribution in [0.4, 0.5) is 13.2 Å². The van der Waals surface area contributed by atoms with E-state index in [0.29, 0.717) is 25.9 Å². The maximum atomic E-state index is 12.9. The molecule has 136 valence electrons. The van der Waals surface area contributed by atoms with E-state index in [4.69, 9.17) is 4.74 Å². The molecule has 0 saturated carbocycles. The molecular weight excluding hydrogens is 323 g/mol. The van der Waals surface area contributed by atoms with Gasteiger partial charge in [0.1, 0.15) is 6.54 Å². The first kappa shape index (κ1) is 18.8. The number of alkyl halides is 3. The third-order valence-electron chi connectivity index (χ3n) is 4.49. The van der Waals surface area contributed by atoms with E-state index in [2.05, 4.69) is 5.10 Å². The fourth-order valence-corrected chi connectivity index (χ4v) is 3.14. The Bertz CT molecular complexity index is 578. The molecule has 1 saturated heterocycles. The summed E-state index contributed by atoms with van der Waals surface area (Å²) in [5, 5.41) is 4.27. The number of carbonyl (C=O) groups is 1. The van der Waals surface area contributed by atoms with Crippen LogP contribution in [0.2, 0.25) is 0 Å². The van der Waals surface area contributed by atoms with Crippen molar-refractivity contribution in [3.05, 3.63) is 17.0 Å². The number of hydrogen-bond donors (Lipinski definition) is 0. The van der Waals surface area contributed by atoms with Crippen molar-refractivity contribution in [1.29, 1.82) is 0 Å². The SMILES string of the molecule is Cc1nn(C)c(C)c1CCC(=O)N(CC(F)(F)F)C1CCCOC1. The minimum Gasteiger partial charge on any atom is -0.379 e. The van der Waals surface area contributed by atoms with Crippen LogP contribution in [0.1, 0.15) is 36.2 Å². The first-order chi connectivity index (χ1) is 11.2. The summed E-state index contributed by atoms with van der Waals surface area (Å²) in [7, 11) is 1.81. The van der Waals surface area contributed by atoms with E-state index in [-0.39, 0.29) is 13.0 Å². The van der Waals surface area contributed by atoms with Gasteiger partial charge >= 0.3 is 6.18 Å². The number of halogens is 3. The van der Waals surface area contributed by atoms with Crippen LogP contribution in [-0.4, -0.2) is 52.6 Å². The quantitative estimate of drug-likeness (QED) is 0.822. The number of aromatic nitrogens is 2. The molecule has 5 nitrogen and oxygen atoms in total. The number of amides is 1. The molecule has 0 aliphatic carbocycles. The van der Waals surface area contributed by atoms with Gasteiger partial charge in [-0.1, -0.05) is 0 Å². The minimum absolute atomic E-state index is 0.0416. The van der Waals surface area contributed by atoms with E-state index in [0.717, 1.165) is 21.9 Å². The minimum atomic E-state index is -4.41. The molecule has 1 unspecified atom stereocenters. The summed E-state index contributed by atoms with van der Waals surface area (Å²) in [5.41, 5.74) is 2.67. The van der Waals surface area contributed by atoms with Gasteiger partial charge in [0.2, 0.25) is 5.91 Å². The van der Waals surface area contributed by atoms with Crippen molar-refractivity contribution in [1.82, 2.24) is 14.7 Å². The lowest BCUT2D eigenvalue weighted by atomic mass is 10.0. The summed E-state index contributed by atoms with van der Waals surface area (Å²) in [6.45, 7) is 3.23. The molecule has 1 amide bonds. The monoisotopic (exact) mass is 347 g/mol. The van der Waals surface area contributed by atoms with Gasteiger partial charge in [-0.15, -0.1) is 0 Å². The van der Waals surface area contributed by atoms with Gasteiger partial charge in [0, 0.05) is 25.8 Å². The standard InChI is InChI=1S/C16H24F3N3O2/c1-11-14(12(2)21(3)20-11)6-7-15(23)22(10-16(17,18)19)13-5-4-8-24-9-13/h13H,4-10H2,1-3H3. The number of aryl methyl sites for hydroxylation is 2. The molecule has 0 radical (unpaired) electrons. The summed E-state index contributed by atoms with van der Waals surface area (Å²) in [6, 6.07) is -0.496. The highest BCUT2D eigenvalue weighted by Gasteiger charge is 2.37. The summed E-state index contributed by atoms with van der Waals surface area (Å²) in [5.74, 6) is -0.481. The van der Waals surface area contributed by atoms with E-state index in [1.54, 1.807) is 4.68 Å². The van der Waals surface area contributed by atoms with Crippen molar-refractivity contribution in [2.24, 2.45) is 7.05 Å². The summed E-state index contributed by atoms with van der Waals surface area (Å²) >= 11 is 0. The van der Waals surface area contributed by atoms with E-state index in [1.807, 2.05) is 20.9 Å². The van der Waals surface area contributed by atoms with Crippen molar-refractivity contribution in [2.45, 2.75) is 51.7 Å². The molecule has 1 fully saturated rings. The molecule has 0 bridgehead atoms. The Kier molecular flexibility index (Phi) is 5.90. The van der Waals surface area contributed by atoms with E-state index >= 15 is 0 Å². The second-order valence-corrected chi connectivity index (χ2v) is 6.28. The highest BCUT2D eigenvalue weighted by molar-refractivity contribution is 5.77. The molecular formula is C16H24F3N3O2. The number of rotatable bonds is 5. The van der Waals surface area contributed by atoms with Crippen LogP contribution in [0, 0.1) is 13.8 Å². The third kappa shape index (κ3) is 4.72. The van der Waals surface area contributed by atoms with Crippen LogP contribution in [0.5, 0.6) is 0 Å². The Hall–Kier alpha value is -1.57. The smallest absolute Gasteiger partial charge is 0.379 e. The van der Waals surface area contributed by atoms with Crippen LogP contribution in [0.25, 0.3) is 0 Å². The predicted molar refractivity (Wildman–Crippen MR) is 82.6 cm³/mol. The average Bonchev–Trinajstić information content (AvgIpc) is 2.75. The average molecular weight is 347 g/mol. The normalized spacial score (nSPS) is 18.7. The van der Waals surface area contributed by atoms with Crippen molar-refractivity contribution in [3.8, 4) is 0 Å². The zero-order valence-corrected chi connectivity index (χ0v) is 14.3. The second-order valence-electron chi connectivity index (χ2n) is 6.28. The Labute approximate surface area is 139 Å². The molecule has 0 spiro atoms. The van der Waals surface area contributed by atoms with Gasteiger partial charge in [-0.05, 0) is 38.7 Å². The molecule has 2 heterocycles. The number of ether oxygens (including phenoxy) is 1. The number of hydrogen-bond acceptors (Lipinski definition) is 3. The van der Waals surface area contributed by atoms with Gasteiger partial charge in [-0.25, -0.2) is 0 Å². The lowest BCUT2D eigenvalue weighted by molar-refractivity contribution is -0.170. The van der Waals surface area contributed by atoms with Crippen molar-refractivity contribution < 1.29 is 22.7 Å². The van der Waals surface area contributed by atoms with E-state index < -0.39 is 24.7 Å². The van der Waals surface area contributed by atoms with Gasteiger partial charge in [0.15, 0.2) is 0 Å². The zero-order valence-electron chi connectivity index (χ0n) is 14.3. The summed E-state index contributed by atoms with van der Waals surface area (Å²) in [4.78, 5) is 13.4. The topological polar surface area (TPSA) is 47.4 Å². The molecule has 0 aromatic carbocycles. The van der Waals surface area contributed by atoms with Gasteiger partial charge in [-0.3, -0.25) is 9.48 Å². The van der Waals surface area contributed by atoms with Gasteiger partial charge in [0.25, 0.3) is 0 Å². The molecule has 1 aromatic rings. The van der Waals surface area contributed by atoms with Crippen LogP contribution in [0.3, 0.4) is 0 Å². The molecule has 1 aliphatic rings.